The largest absolute Gasteiger partial charge is 0.383 e. The van der Waals surface area contributed by atoms with Crippen molar-refractivity contribution in [3.63, 3.8) is 0 Å². The predicted octanol–water partition coefficient (Wildman–Crippen LogP) is 2.01. The Kier molecular flexibility index (Phi) is 5.23. The fourth-order valence-electron chi connectivity index (χ4n) is 3.12. The normalized spacial score (nSPS) is 17.0. The molecule has 2 heterocycles. The molecule has 25 heavy (non-hydrogen) atoms. The molecule has 1 saturated heterocycles. The molecule has 1 atom stereocenters. The van der Waals surface area contributed by atoms with Gasteiger partial charge in [-0.3, -0.25) is 9.59 Å². The zero-order valence-corrected chi connectivity index (χ0v) is 14.0. The smallest absolute Gasteiger partial charge is 0.274 e. The third-order valence-electron chi connectivity index (χ3n) is 4.34. The van der Waals surface area contributed by atoms with Crippen LogP contribution in [0.3, 0.4) is 0 Å². The van der Waals surface area contributed by atoms with Crippen molar-refractivity contribution in [2.75, 3.05) is 20.3 Å². The molecule has 0 radical (unpaired) electrons. The maximum absolute atomic E-state index is 13.5. The highest BCUT2D eigenvalue weighted by Gasteiger charge is 2.31. The van der Waals surface area contributed by atoms with Crippen molar-refractivity contribution in [1.29, 1.82) is 0 Å². The number of rotatable bonds is 5. The van der Waals surface area contributed by atoms with Crippen molar-refractivity contribution in [3.05, 3.63) is 63.8 Å². The van der Waals surface area contributed by atoms with E-state index in [9.17, 15) is 14.0 Å². The van der Waals surface area contributed by atoms with E-state index in [1.807, 2.05) is 6.07 Å². The van der Waals surface area contributed by atoms with E-state index in [1.165, 1.54) is 36.1 Å². The van der Waals surface area contributed by atoms with E-state index < -0.39 is 0 Å². The summed E-state index contributed by atoms with van der Waals surface area (Å²) in [6, 6.07) is 8.92. The SMILES string of the molecule is COCCn1nc(C(=O)N2CCC[C@H]2c2cccc(F)c2)ccc1=O. The molecule has 2 aromatic rings. The summed E-state index contributed by atoms with van der Waals surface area (Å²) < 4.78 is 19.7. The van der Waals surface area contributed by atoms with Gasteiger partial charge in [0.05, 0.1) is 19.2 Å². The van der Waals surface area contributed by atoms with Gasteiger partial charge in [0.15, 0.2) is 0 Å². The Balaban J connectivity index is 1.85. The lowest BCUT2D eigenvalue weighted by atomic mass is 10.0. The number of hydrogen-bond donors (Lipinski definition) is 0. The molecular weight excluding hydrogens is 325 g/mol. The Bertz CT molecular complexity index is 821. The number of benzene rings is 1. The molecule has 0 saturated carbocycles. The topological polar surface area (TPSA) is 64.4 Å². The molecule has 7 heteroatoms. The Morgan fingerprint density at radius 1 is 1.36 bits per heavy atom. The highest BCUT2D eigenvalue weighted by Crippen LogP contribution is 2.33. The second-order valence-corrected chi connectivity index (χ2v) is 5.98. The van der Waals surface area contributed by atoms with Crippen LogP contribution in [0.1, 0.15) is 34.9 Å². The number of aromatic nitrogens is 2. The van der Waals surface area contributed by atoms with Gasteiger partial charge in [-0.25, -0.2) is 9.07 Å². The first-order valence-electron chi connectivity index (χ1n) is 8.23. The molecule has 0 spiro atoms. The molecule has 1 aromatic carbocycles. The highest BCUT2D eigenvalue weighted by atomic mass is 19.1. The number of amides is 1. The molecule has 1 amide bonds. The van der Waals surface area contributed by atoms with Gasteiger partial charge >= 0.3 is 0 Å². The first kappa shape index (κ1) is 17.3. The summed E-state index contributed by atoms with van der Waals surface area (Å²) in [4.78, 5) is 26.4. The molecule has 0 N–H and O–H groups in total. The number of halogens is 1. The second-order valence-electron chi connectivity index (χ2n) is 5.98. The van der Waals surface area contributed by atoms with Gasteiger partial charge in [0.2, 0.25) is 0 Å². The molecule has 1 fully saturated rings. The van der Waals surface area contributed by atoms with Gasteiger partial charge in [0.25, 0.3) is 11.5 Å². The van der Waals surface area contributed by atoms with Crippen LogP contribution in [0.2, 0.25) is 0 Å². The molecule has 1 aliphatic rings. The zero-order chi connectivity index (χ0) is 17.8. The molecule has 132 valence electrons. The van der Waals surface area contributed by atoms with Crippen LogP contribution in [-0.4, -0.2) is 40.8 Å². The Morgan fingerprint density at radius 3 is 2.96 bits per heavy atom. The van der Waals surface area contributed by atoms with Gasteiger partial charge in [0, 0.05) is 19.7 Å². The molecule has 1 aliphatic heterocycles. The van der Waals surface area contributed by atoms with E-state index in [4.69, 9.17) is 4.74 Å². The van der Waals surface area contributed by atoms with Crippen molar-refractivity contribution in [3.8, 4) is 0 Å². The Hall–Kier alpha value is -2.54. The predicted molar refractivity (Wildman–Crippen MR) is 89.8 cm³/mol. The minimum atomic E-state index is -0.317. The van der Waals surface area contributed by atoms with Crippen molar-refractivity contribution >= 4 is 5.91 Å². The summed E-state index contributed by atoms with van der Waals surface area (Å²) in [5, 5.41) is 4.16. The first-order chi connectivity index (χ1) is 12.1. The van der Waals surface area contributed by atoms with E-state index in [-0.39, 0.29) is 35.6 Å². The van der Waals surface area contributed by atoms with Crippen LogP contribution in [-0.2, 0) is 11.3 Å². The van der Waals surface area contributed by atoms with Crippen LogP contribution in [0, 0.1) is 5.82 Å². The summed E-state index contributed by atoms with van der Waals surface area (Å²) in [6.45, 7) is 1.20. The molecule has 1 aromatic heterocycles. The van der Waals surface area contributed by atoms with Crippen LogP contribution < -0.4 is 5.56 Å². The number of hydrogen-bond acceptors (Lipinski definition) is 4. The Morgan fingerprint density at radius 2 is 2.20 bits per heavy atom. The molecule has 3 rings (SSSR count). The summed E-state index contributed by atoms with van der Waals surface area (Å²) in [7, 11) is 1.54. The van der Waals surface area contributed by atoms with Crippen LogP contribution in [0.15, 0.2) is 41.2 Å². The average Bonchev–Trinajstić information content (AvgIpc) is 3.10. The fourth-order valence-corrected chi connectivity index (χ4v) is 3.12. The second kappa shape index (κ2) is 7.57. The first-order valence-corrected chi connectivity index (χ1v) is 8.23. The van der Waals surface area contributed by atoms with Crippen LogP contribution in [0.4, 0.5) is 4.39 Å². The van der Waals surface area contributed by atoms with Crippen molar-refractivity contribution in [1.82, 2.24) is 14.7 Å². The summed E-state index contributed by atoms with van der Waals surface area (Å²) in [6.07, 6.45) is 1.62. The van der Waals surface area contributed by atoms with Gasteiger partial charge in [-0.1, -0.05) is 12.1 Å². The van der Waals surface area contributed by atoms with E-state index in [1.54, 1.807) is 11.0 Å². The third-order valence-corrected chi connectivity index (χ3v) is 4.34. The van der Waals surface area contributed by atoms with Crippen LogP contribution in [0.5, 0.6) is 0 Å². The summed E-state index contributed by atoms with van der Waals surface area (Å²) in [5.41, 5.74) is 0.703. The molecule has 0 unspecified atom stereocenters. The maximum Gasteiger partial charge on any atom is 0.274 e. The lowest BCUT2D eigenvalue weighted by molar-refractivity contribution is 0.0725. The number of methoxy groups -OCH3 is 1. The number of nitrogens with zero attached hydrogens (tertiary/aromatic N) is 3. The monoisotopic (exact) mass is 345 g/mol. The lowest BCUT2D eigenvalue weighted by Gasteiger charge is -2.25. The number of likely N-dealkylation sites (tertiary alicyclic amines) is 1. The van der Waals surface area contributed by atoms with Gasteiger partial charge in [0.1, 0.15) is 11.5 Å². The van der Waals surface area contributed by atoms with Crippen molar-refractivity contribution in [2.45, 2.75) is 25.4 Å². The Labute approximate surface area is 144 Å². The minimum absolute atomic E-state index is 0.177. The third kappa shape index (κ3) is 3.76. The van der Waals surface area contributed by atoms with Crippen molar-refractivity contribution in [2.24, 2.45) is 0 Å². The standard InChI is InChI=1S/C18H20FN3O3/c1-25-11-10-22-17(23)8-7-15(20-22)18(24)21-9-3-6-16(21)13-4-2-5-14(19)12-13/h2,4-5,7-8,12,16H,3,6,9-11H2,1H3/t16-/m0/s1. The van der Waals surface area contributed by atoms with Gasteiger partial charge in [-0.2, -0.15) is 5.10 Å². The average molecular weight is 345 g/mol. The van der Waals surface area contributed by atoms with E-state index in [0.29, 0.717) is 13.2 Å². The quantitative estimate of drug-likeness (QED) is 0.831. The molecule has 0 bridgehead atoms. The van der Waals surface area contributed by atoms with Crippen molar-refractivity contribution < 1.29 is 13.9 Å². The van der Waals surface area contributed by atoms with Gasteiger partial charge in [-0.05, 0) is 36.6 Å². The van der Waals surface area contributed by atoms with Crippen LogP contribution in [0.25, 0.3) is 0 Å². The summed E-state index contributed by atoms with van der Waals surface area (Å²) >= 11 is 0. The van der Waals surface area contributed by atoms with Gasteiger partial charge in [-0.15, -0.1) is 0 Å². The van der Waals surface area contributed by atoms with Gasteiger partial charge < -0.3 is 9.64 Å². The molecule has 6 nitrogen and oxygen atoms in total. The number of ether oxygens (including phenoxy) is 1. The molecular formula is C18H20FN3O3. The molecule has 0 aliphatic carbocycles. The minimum Gasteiger partial charge on any atom is -0.383 e. The maximum atomic E-state index is 13.5. The zero-order valence-electron chi connectivity index (χ0n) is 14.0. The number of carbonyl (C=O) groups excluding carboxylic acids is 1. The summed E-state index contributed by atoms with van der Waals surface area (Å²) in [5.74, 6) is -0.569. The number of carbonyl (C=O) groups is 1. The fraction of sp³-hybridized carbons (Fsp3) is 0.389. The van der Waals surface area contributed by atoms with E-state index in [0.717, 1.165) is 18.4 Å². The van der Waals surface area contributed by atoms with E-state index in [2.05, 4.69) is 5.10 Å². The van der Waals surface area contributed by atoms with Crippen LogP contribution >= 0.6 is 0 Å². The lowest BCUT2D eigenvalue weighted by Crippen LogP contribution is -2.34. The highest BCUT2D eigenvalue weighted by molar-refractivity contribution is 5.92. The van der Waals surface area contributed by atoms with E-state index >= 15 is 0 Å².